The number of aliphatic carboxylic acids is 2. The van der Waals surface area contributed by atoms with Crippen molar-refractivity contribution in [1.82, 2.24) is 19.5 Å². The van der Waals surface area contributed by atoms with E-state index in [4.69, 9.17) is 26.8 Å². The Kier molecular flexibility index (Phi) is 6.34. The van der Waals surface area contributed by atoms with Gasteiger partial charge in [-0.05, 0) is 36.1 Å². The highest BCUT2D eigenvalue weighted by Gasteiger charge is 2.49. The number of nitrogen functional groups attached to an aromatic ring is 1. The fourth-order valence-corrected chi connectivity index (χ4v) is 4.01. The Bertz CT molecular complexity index is 1290. The molecule has 2 aromatic heterocycles. The summed E-state index contributed by atoms with van der Waals surface area (Å²) in [7, 11) is 0. The second-order valence-electron chi connectivity index (χ2n) is 7.69. The maximum atomic E-state index is 12.1. The first-order valence-electron chi connectivity index (χ1n) is 10.1. The van der Waals surface area contributed by atoms with E-state index in [1.54, 1.807) is 16.7 Å². The van der Waals surface area contributed by atoms with Crippen molar-refractivity contribution in [2.24, 2.45) is 0 Å². The molecule has 0 bridgehead atoms. The number of benzene rings is 1. The van der Waals surface area contributed by atoms with E-state index in [1.807, 2.05) is 6.07 Å². The summed E-state index contributed by atoms with van der Waals surface area (Å²) in [5.74, 6) is -3.23. The number of carbonyl (C=O) groups is 2. The predicted octanol–water partition coefficient (Wildman–Crippen LogP) is 1.78. The van der Waals surface area contributed by atoms with E-state index in [0.717, 1.165) is 0 Å². The van der Waals surface area contributed by atoms with Crippen molar-refractivity contribution in [3.05, 3.63) is 47.0 Å². The number of halogens is 1. The van der Waals surface area contributed by atoms with Gasteiger partial charge in [0.2, 0.25) is 5.28 Å². The molecule has 1 fully saturated rings. The Hall–Kier alpha value is -3.79. The third-order valence-electron chi connectivity index (χ3n) is 5.60. The van der Waals surface area contributed by atoms with Gasteiger partial charge in [0.05, 0.1) is 30.7 Å². The molecule has 4 rings (SSSR count). The van der Waals surface area contributed by atoms with Gasteiger partial charge in [-0.2, -0.15) is 15.2 Å². The Balaban J connectivity index is 1.51. The van der Waals surface area contributed by atoms with Gasteiger partial charge in [0.1, 0.15) is 11.7 Å². The Labute approximate surface area is 197 Å². The first-order chi connectivity index (χ1) is 16.2. The largest absolute Gasteiger partial charge is 0.479 e. The fraction of sp³-hybridized carbons (Fsp3) is 0.333. The number of ether oxygens (including phenoxy) is 2. The van der Waals surface area contributed by atoms with E-state index in [9.17, 15) is 25.1 Å². The predicted molar refractivity (Wildman–Crippen MR) is 117 cm³/mol. The SMILES string of the molecule is N#Cc1ccccc1CC(OC[C@@H]1CCC(n2cnc3c(N)nc(Cl)nc32)O1)(C(=O)O)C(=O)O. The number of imidazole rings is 1. The zero-order valence-corrected chi connectivity index (χ0v) is 18.3. The van der Waals surface area contributed by atoms with Crippen LogP contribution in [0, 0.1) is 11.3 Å². The molecular weight excluding hydrogens is 468 g/mol. The fourth-order valence-electron chi connectivity index (χ4n) is 3.84. The van der Waals surface area contributed by atoms with Crippen LogP contribution in [0.1, 0.15) is 30.2 Å². The van der Waals surface area contributed by atoms with Gasteiger partial charge in [0.25, 0.3) is 5.60 Å². The number of carboxylic acids is 2. The number of hydrogen-bond acceptors (Lipinski definition) is 9. The number of fused-ring (bicyclic) bond motifs is 1. The highest BCUT2D eigenvalue weighted by Crippen LogP contribution is 2.33. The summed E-state index contributed by atoms with van der Waals surface area (Å²) < 4.78 is 13.1. The van der Waals surface area contributed by atoms with Crippen LogP contribution in [0.2, 0.25) is 5.28 Å². The number of rotatable bonds is 8. The third-order valence-corrected chi connectivity index (χ3v) is 5.77. The summed E-state index contributed by atoms with van der Waals surface area (Å²) in [6.07, 6.45) is 0.804. The summed E-state index contributed by atoms with van der Waals surface area (Å²) >= 11 is 5.90. The lowest BCUT2D eigenvalue weighted by molar-refractivity contribution is -0.188. The molecule has 2 atom stereocenters. The quantitative estimate of drug-likeness (QED) is 0.311. The Morgan fingerprint density at radius 2 is 2.03 bits per heavy atom. The zero-order valence-electron chi connectivity index (χ0n) is 17.6. The molecule has 0 amide bonds. The van der Waals surface area contributed by atoms with E-state index >= 15 is 0 Å². The third kappa shape index (κ3) is 4.24. The van der Waals surface area contributed by atoms with Crippen LogP contribution < -0.4 is 5.73 Å². The molecule has 0 saturated carbocycles. The molecule has 1 aliphatic heterocycles. The summed E-state index contributed by atoms with van der Waals surface area (Å²) in [4.78, 5) is 36.3. The van der Waals surface area contributed by atoms with Crippen LogP contribution in [0.3, 0.4) is 0 Å². The molecule has 0 spiro atoms. The van der Waals surface area contributed by atoms with Crippen LogP contribution in [0.15, 0.2) is 30.6 Å². The molecule has 1 aliphatic rings. The maximum absolute atomic E-state index is 12.1. The van der Waals surface area contributed by atoms with Crippen molar-refractivity contribution in [2.45, 2.75) is 37.2 Å². The van der Waals surface area contributed by atoms with Crippen molar-refractivity contribution in [3.63, 3.8) is 0 Å². The normalized spacial score (nSPS) is 18.1. The van der Waals surface area contributed by atoms with Crippen LogP contribution >= 0.6 is 11.6 Å². The zero-order chi connectivity index (χ0) is 24.5. The van der Waals surface area contributed by atoms with Crippen molar-refractivity contribution >= 4 is 40.5 Å². The maximum Gasteiger partial charge on any atom is 0.348 e. The molecule has 12 nitrogen and oxygen atoms in total. The number of nitrogens with zero attached hydrogens (tertiary/aromatic N) is 5. The Morgan fingerprint density at radius 1 is 1.29 bits per heavy atom. The van der Waals surface area contributed by atoms with E-state index in [2.05, 4.69) is 15.0 Å². The van der Waals surface area contributed by atoms with Gasteiger partial charge < -0.3 is 25.4 Å². The molecule has 3 aromatic rings. The van der Waals surface area contributed by atoms with Crippen molar-refractivity contribution in [1.29, 1.82) is 5.26 Å². The van der Waals surface area contributed by atoms with E-state index < -0.39 is 36.3 Å². The summed E-state index contributed by atoms with van der Waals surface area (Å²) in [6, 6.07) is 8.10. The van der Waals surface area contributed by atoms with Crippen LogP contribution in [0.4, 0.5) is 5.82 Å². The average molecular weight is 487 g/mol. The topological polar surface area (TPSA) is 186 Å². The number of carboxylic acid groups (broad SMARTS) is 2. The van der Waals surface area contributed by atoms with Gasteiger partial charge in [-0.15, -0.1) is 0 Å². The Morgan fingerprint density at radius 3 is 2.74 bits per heavy atom. The first-order valence-corrected chi connectivity index (χ1v) is 10.5. The van der Waals surface area contributed by atoms with Gasteiger partial charge in [-0.25, -0.2) is 14.6 Å². The summed E-state index contributed by atoms with van der Waals surface area (Å²) in [6.45, 7) is -0.297. The van der Waals surface area contributed by atoms with Gasteiger partial charge in [-0.1, -0.05) is 18.2 Å². The molecule has 176 valence electrons. The lowest BCUT2D eigenvalue weighted by Crippen LogP contribution is -2.52. The highest BCUT2D eigenvalue weighted by molar-refractivity contribution is 6.28. The molecule has 0 aliphatic carbocycles. The standard InChI is InChI=1S/C21H19ClN6O6/c22-20-26-16(24)15-17(27-20)28(10-25-15)14-6-5-13(34-14)9-33-21(18(29)30,19(31)32)7-11-3-1-2-4-12(11)8-23/h1-4,10,13-14H,5-7,9H2,(H,29,30)(H,31,32)(H2,24,26,27)/t13-,14?/m0/s1. The monoisotopic (exact) mass is 486 g/mol. The minimum absolute atomic E-state index is 0.0463. The molecule has 3 heterocycles. The second-order valence-corrected chi connectivity index (χ2v) is 8.02. The highest BCUT2D eigenvalue weighted by atomic mass is 35.5. The van der Waals surface area contributed by atoms with Gasteiger partial charge in [0.15, 0.2) is 11.5 Å². The molecule has 0 radical (unpaired) electrons. The summed E-state index contributed by atoms with van der Waals surface area (Å²) in [5.41, 5.74) is 4.39. The van der Waals surface area contributed by atoms with Crippen molar-refractivity contribution in [3.8, 4) is 6.07 Å². The molecule has 13 heteroatoms. The average Bonchev–Trinajstić information content (AvgIpc) is 3.43. The lowest BCUT2D eigenvalue weighted by Gasteiger charge is -2.27. The van der Waals surface area contributed by atoms with Crippen LogP contribution in [0.25, 0.3) is 11.2 Å². The van der Waals surface area contributed by atoms with Crippen molar-refractivity contribution in [2.75, 3.05) is 12.3 Å². The van der Waals surface area contributed by atoms with E-state index in [1.165, 1.54) is 18.5 Å². The summed E-state index contributed by atoms with van der Waals surface area (Å²) in [5, 5.41) is 28.8. The number of aromatic nitrogens is 4. The van der Waals surface area contributed by atoms with Gasteiger partial charge >= 0.3 is 11.9 Å². The minimum Gasteiger partial charge on any atom is -0.479 e. The molecule has 1 aromatic carbocycles. The first kappa shape index (κ1) is 23.4. The number of anilines is 1. The van der Waals surface area contributed by atoms with Crippen LogP contribution in [-0.4, -0.2) is 60.0 Å². The number of nitrogens with two attached hydrogens (primary N) is 1. The van der Waals surface area contributed by atoms with Gasteiger partial charge in [0, 0.05) is 6.42 Å². The lowest BCUT2D eigenvalue weighted by atomic mass is 9.91. The number of hydrogen-bond donors (Lipinski definition) is 3. The van der Waals surface area contributed by atoms with Gasteiger partial charge in [-0.3, -0.25) is 4.57 Å². The van der Waals surface area contributed by atoms with Crippen LogP contribution in [0.5, 0.6) is 0 Å². The van der Waals surface area contributed by atoms with Crippen LogP contribution in [-0.2, 0) is 25.5 Å². The number of nitriles is 1. The minimum atomic E-state index is -2.59. The molecule has 4 N–H and O–H groups in total. The smallest absolute Gasteiger partial charge is 0.348 e. The molecule has 1 unspecified atom stereocenters. The van der Waals surface area contributed by atoms with Crippen molar-refractivity contribution < 1.29 is 29.3 Å². The molecule has 1 saturated heterocycles. The molecule has 34 heavy (non-hydrogen) atoms. The molecular formula is C21H19ClN6O6. The van der Waals surface area contributed by atoms with E-state index in [-0.39, 0.29) is 28.8 Å². The van der Waals surface area contributed by atoms with E-state index in [0.29, 0.717) is 24.0 Å². The second kappa shape index (κ2) is 9.22.